The SMILES string of the molecule is C=CCCC(O)CN(CCC(C)C)Cc1nc2scc(-c3ccc(OC)c(OC)c3)c2c(=O)[nH]1. The zero-order chi connectivity index (χ0) is 24.7. The molecule has 3 aromatic rings. The van der Waals surface area contributed by atoms with Crippen LogP contribution in [0.25, 0.3) is 21.3 Å². The van der Waals surface area contributed by atoms with E-state index in [2.05, 4.69) is 30.3 Å². The summed E-state index contributed by atoms with van der Waals surface area (Å²) < 4.78 is 10.7. The molecule has 0 aliphatic rings. The number of allylic oxidation sites excluding steroid dienone is 1. The van der Waals surface area contributed by atoms with Crippen LogP contribution in [0.4, 0.5) is 0 Å². The lowest BCUT2D eigenvalue weighted by atomic mass is 10.1. The molecule has 0 saturated carbocycles. The molecule has 0 saturated heterocycles. The van der Waals surface area contributed by atoms with Gasteiger partial charge in [-0.15, -0.1) is 17.9 Å². The first kappa shape index (κ1) is 25.9. The molecule has 0 aliphatic carbocycles. The number of nitrogens with zero attached hydrogens (tertiary/aromatic N) is 2. The maximum Gasteiger partial charge on any atom is 0.260 e. The fraction of sp³-hybridized carbons (Fsp3) is 0.462. The van der Waals surface area contributed by atoms with E-state index in [9.17, 15) is 9.90 Å². The zero-order valence-corrected chi connectivity index (χ0v) is 21.3. The average molecular weight is 486 g/mol. The Kier molecular flexibility index (Phi) is 9.27. The van der Waals surface area contributed by atoms with E-state index in [4.69, 9.17) is 14.5 Å². The molecule has 3 rings (SSSR count). The van der Waals surface area contributed by atoms with Gasteiger partial charge in [0.05, 0.1) is 32.3 Å². The van der Waals surface area contributed by atoms with E-state index in [1.807, 2.05) is 29.7 Å². The van der Waals surface area contributed by atoms with Crippen molar-refractivity contribution in [2.24, 2.45) is 5.92 Å². The number of benzene rings is 1. The maximum atomic E-state index is 13.1. The number of nitrogens with one attached hydrogen (secondary N) is 1. The van der Waals surface area contributed by atoms with Crippen molar-refractivity contribution in [1.82, 2.24) is 14.9 Å². The number of ether oxygens (including phenoxy) is 2. The van der Waals surface area contributed by atoms with Gasteiger partial charge in [-0.1, -0.05) is 26.0 Å². The van der Waals surface area contributed by atoms with Crippen LogP contribution in [0.5, 0.6) is 11.5 Å². The molecule has 0 amide bonds. The molecule has 1 aromatic carbocycles. The zero-order valence-electron chi connectivity index (χ0n) is 20.5. The lowest BCUT2D eigenvalue weighted by Crippen LogP contribution is -2.34. The van der Waals surface area contributed by atoms with Crippen LogP contribution in [-0.2, 0) is 6.54 Å². The summed E-state index contributed by atoms with van der Waals surface area (Å²) in [6.07, 6.45) is 3.82. The molecule has 1 unspecified atom stereocenters. The fourth-order valence-electron chi connectivity index (χ4n) is 3.87. The standard InChI is InChI=1S/C26H35N3O4S/c1-6-7-8-19(30)14-29(12-11-17(2)3)15-23-27-25(31)24-20(16-34-26(24)28-23)18-9-10-21(32-4)22(13-18)33-5/h6,9-10,13,16-17,19,30H,1,7-8,11-12,14-15H2,2-5H3,(H,27,28,31). The van der Waals surface area contributed by atoms with Crippen LogP contribution in [0.15, 0.2) is 41.0 Å². The molecule has 1 atom stereocenters. The first-order valence-corrected chi connectivity index (χ1v) is 12.5. The van der Waals surface area contributed by atoms with Crippen molar-refractivity contribution >= 4 is 21.6 Å². The van der Waals surface area contributed by atoms with Crippen LogP contribution in [0, 0.1) is 5.92 Å². The van der Waals surface area contributed by atoms with Crippen LogP contribution in [0.3, 0.4) is 0 Å². The maximum absolute atomic E-state index is 13.1. The molecule has 0 fully saturated rings. The Bertz CT molecular complexity index is 1150. The number of rotatable bonds is 13. The minimum atomic E-state index is -0.445. The predicted octanol–water partition coefficient (Wildman–Crippen LogP) is 4.84. The summed E-state index contributed by atoms with van der Waals surface area (Å²) in [5.41, 5.74) is 1.52. The Labute approximate surface area is 205 Å². The molecule has 2 heterocycles. The highest BCUT2D eigenvalue weighted by Gasteiger charge is 2.18. The van der Waals surface area contributed by atoms with Gasteiger partial charge >= 0.3 is 0 Å². The van der Waals surface area contributed by atoms with Crippen LogP contribution in [0.2, 0.25) is 0 Å². The normalized spacial score (nSPS) is 12.4. The first-order chi connectivity index (χ1) is 16.4. The van der Waals surface area contributed by atoms with E-state index in [-0.39, 0.29) is 5.56 Å². The molecule has 2 aromatic heterocycles. The van der Waals surface area contributed by atoms with Gasteiger partial charge in [-0.05, 0) is 49.4 Å². The lowest BCUT2D eigenvalue weighted by molar-refractivity contribution is 0.0981. The molecular weight excluding hydrogens is 450 g/mol. The van der Waals surface area contributed by atoms with Crippen molar-refractivity contribution in [1.29, 1.82) is 0 Å². The third kappa shape index (κ3) is 6.46. The highest BCUT2D eigenvalue weighted by Crippen LogP contribution is 2.36. The summed E-state index contributed by atoms with van der Waals surface area (Å²) in [5, 5.41) is 13.0. The first-order valence-electron chi connectivity index (χ1n) is 11.6. The van der Waals surface area contributed by atoms with Crippen molar-refractivity contribution in [2.45, 2.75) is 45.8 Å². The average Bonchev–Trinajstić information content (AvgIpc) is 3.25. The van der Waals surface area contributed by atoms with Gasteiger partial charge < -0.3 is 19.6 Å². The number of aliphatic hydroxyl groups is 1. The molecular formula is C26H35N3O4S. The van der Waals surface area contributed by atoms with E-state index >= 15 is 0 Å². The van der Waals surface area contributed by atoms with E-state index < -0.39 is 6.10 Å². The number of aliphatic hydroxyl groups excluding tert-OH is 1. The van der Waals surface area contributed by atoms with Gasteiger partial charge in [0.1, 0.15) is 10.7 Å². The summed E-state index contributed by atoms with van der Waals surface area (Å²) in [7, 11) is 3.18. The number of methoxy groups -OCH3 is 2. The third-order valence-electron chi connectivity index (χ3n) is 5.76. The Morgan fingerprint density at radius 1 is 1.24 bits per heavy atom. The summed E-state index contributed by atoms with van der Waals surface area (Å²) in [5.74, 6) is 2.40. The topological polar surface area (TPSA) is 87.7 Å². The van der Waals surface area contributed by atoms with Crippen molar-refractivity contribution in [3.63, 3.8) is 0 Å². The molecule has 184 valence electrons. The predicted molar refractivity (Wildman–Crippen MR) is 139 cm³/mol. The Hall–Kier alpha value is -2.68. The largest absolute Gasteiger partial charge is 0.493 e. The highest BCUT2D eigenvalue weighted by molar-refractivity contribution is 7.17. The number of H-pyrrole nitrogens is 1. The third-order valence-corrected chi connectivity index (χ3v) is 6.63. The van der Waals surface area contributed by atoms with Gasteiger partial charge in [0, 0.05) is 17.5 Å². The summed E-state index contributed by atoms with van der Waals surface area (Å²) >= 11 is 1.45. The van der Waals surface area contributed by atoms with E-state index in [0.717, 1.165) is 30.5 Å². The molecule has 0 aliphatic heterocycles. The number of aromatic amines is 1. The molecule has 0 spiro atoms. The minimum absolute atomic E-state index is 0.165. The van der Waals surface area contributed by atoms with Gasteiger partial charge in [-0.25, -0.2) is 4.98 Å². The van der Waals surface area contributed by atoms with Crippen LogP contribution >= 0.6 is 11.3 Å². The van der Waals surface area contributed by atoms with Crippen molar-refractivity contribution < 1.29 is 14.6 Å². The smallest absolute Gasteiger partial charge is 0.260 e. The second-order valence-electron chi connectivity index (χ2n) is 8.85. The number of aromatic nitrogens is 2. The monoisotopic (exact) mass is 485 g/mol. The highest BCUT2D eigenvalue weighted by atomic mass is 32.1. The summed E-state index contributed by atoms with van der Waals surface area (Å²) in [4.78, 5) is 23.7. The van der Waals surface area contributed by atoms with Gasteiger partial charge in [0.15, 0.2) is 11.5 Å². The quantitative estimate of drug-likeness (QED) is 0.337. The van der Waals surface area contributed by atoms with Crippen LogP contribution in [0.1, 0.15) is 38.9 Å². The van der Waals surface area contributed by atoms with Crippen molar-refractivity contribution in [3.05, 3.63) is 52.4 Å². The van der Waals surface area contributed by atoms with Crippen molar-refractivity contribution in [2.75, 3.05) is 27.3 Å². The van der Waals surface area contributed by atoms with E-state index in [0.29, 0.717) is 53.0 Å². The summed E-state index contributed by atoms with van der Waals surface area (Å²) in [6, 6.07) is 5.61. The van der Waals surface area contributed by atoms with Crippen LogP contribution < -0.4 is 15.0 Å². The Balaban J connectivity index is 1.88. The number of fused-ring (bicyclic) bond motifs is 1. The van der Waals surface area contributed by atoms with Crippen molar-refractivity contribution in [3.8, 4) is 22.6 Å². The molecule has 7 nitrogen and oxygen atoms in total. The molecule has 0 radical (unpaired) electrons. The van der Waals surface area contributed by atoms with E-state index in [1.54, 1.807) is 14.2 Å². The van der Waals surface area contributed by atoms with E-state index in [1.165, 1.54) is 11.3 Å². The Morgan fingerprint density at radius 2 is 2.00 bits per heavy atom. The number of thiophene rings is 1. The lowest BCUT2D eigenvalue weighted by Gasteiger charge is -2.25. The molecule has 34 heavy (non-hydrogen) atoms. The van der Waals surface area contributed by atoms with Gasteiger partial charge in [0.2, 0.25) is 0 Å². The molecule has 2 N–H and O–H groups in total. The molecule has 8 heteroatoms. The second-order valence-corrected chi connectivity index (χ2v) is 9.71. The Morgan fingerprint density at radius 3 is 2.68 bits per heavy atom. The molecule has 0 bridgehead atoms. The van der Waals surface area contributed by atoms with Crippen LogP contribution in [-0.4, -0.2) is 53.4 Å². The fourth-order valence-corrected chi connectivity index (χ4v) is 4.84. The summed E-state index contributed by atoms with van der Waals surface area (Å²) in [6.45, 7) is 9.93. The number of hydrogen-bond donors (Lipinski definition) is 2. The van der Waals surface area contributed by atoms with Gasteiger partial charge in [-0.3, -0.25) is 9.69 Å². The van der Waals surface area contributed by atoms with Gasteiger partial charge in [-0.2, -0.15) is 0 Å². The van der Waals surface area contributed by atoms with Gasteiger partial charge in [0.25, 0.3) is 5.56 Å². The minimum Gasteiger partial charge on any atom is -0.493 e. The number of hydrogen-bond acceptors (Lipinski definition) is 7. The second kappa shape index (κ2) is 12.1.